The summed E-state index contributed by atoms with van der Waals surface area (Å²) in [5.41, 5.74) is 0. The Kier molecular flexibility index (Phi) is 3.98. The minimum atomic E-state index is 0.634. The van der Waals surface area contributed by atoms with Crippen LogP contribution in [0.25, 0.3) is 0 Å². The molecule has 2 aliphatic rings. The summed E-state index contributed by atoms with van der Waals surface area (Å²) in [6.07, 6.45) is 8.95. The van der Waals surface area contributed by atoms with Crippen molar-refractivity contribution in [2.24, 2.45) is 5.92 Å². The first-order chi connectivity index (χ1) is 8.83. The summed E-state index contributed by atoms with van der Waals surface area (Å²) in [6, 6.07) is 0.634. The van der Waals surface area contributed by atoms with Crippen LogP contribution in [-0.2, 0) is 0 Å². The molecule has 0 spiro atoms. The van der Waals surface area contributed by atoms with Crippen molar-refractivity contribution in [2.75, 3.05) is 24.5 Å². The molecule has 0 bridgehead atoms. The Morgan fingerprint density at radius 3 is 2.89 bits per heavy atom. The van der Waals surface area contributed by atoms with Crippen LogP contribution in [0.3, 0.4) is 0 Å². The normalized spacial score (nSPS) is 23.3. The minimum absolute atomic E-state index is 0.634. The quantitative estimate of drug-likeness (QED) is 0.819. The number of aromatic nitrogens is 2. The van der Waals surface area contributed by atoms with Crippen molar-refractivity contribution in [3.05, 3.63) is 16.1 Å². The maximum atomic E-state index is 4.48. The van der Waals surface area contributed by atoms with E-state index in [1.807, 2.05) is 6.20 Å². The Morgan fingerprint density at radius 1 is 1.33 bits per heavy atom. The van der Waals surface area contributed by atoms with Crippen LogP contribution in [0.4, 0.5) is 5.82 Å². The molecule has 3 rings (SSSR count). The van der Waals surface area contributed by atoms with Crippen molar-refractivity contribution in [3.63, 3.8) is 0 Å². The van der Waals surface area contributed by atoms with Crippen LogP contribution < -0.4 is 10.2 Å². The third-order valence-corrected chi connectivity index (χ3v) is 4.49. The first-order valence-electron chi connectivity index (χ1n) is 6.77. The second-order valence-corrected chi connectivity index (χ2v) is 6.50. The molecule has 1 aromatic heterocycles. The van der Waals surface area contributed by atoms with Gasteiger partial charge in [0, 0.05) is 25.3 Å². The van der Waals surface area contributed by atoms with E-state index in [2.05, 4.69) is 42.8 Å². The Bertz CT molecular complexity index is 402. The molecular weight excluding hydrogens is 339 g/mol. The van der Waals surface area contributed by atoms with Gasteiger partial charge in [0.15, 0.2) is 0 Å². The average Bonchev–Trinajstić information content (AvgIpc) is 3.03. The van der Waals surface area contributed by atoms with Crippen molar-refractivity contribution in [1.29, 1.82) is 0 Å². The van der Waals surface area contributed by atoms with E-state index in [0.717, 1.165) is 28.4 Å². The van der Waals surface area contributed by atoms with E-state index < -0.39 is 0 Å². The fraction of sp³-hybridized carbons (Fsp3) is 0.692. The predicted octanol–water partition coefficient (Wildman–Crippen LogP) is 2.05. The third kappa shape index (κ3) is 3.12. The molecule has 1 aliphatic carbocycles. The molecule has 1 atom stereocenters. The number of halogens is 1. The molecule has 5 heteroatoms. The lowest BCUT2D eigenvalue weighted by Gasteiger charge is -2.27. The molecule has 1 aliphatic heterocycles. The topological polar surface area (TPSA) is 41.1 Å². The first-order valence-corrected chi connectivity index (χ1v) is 7.84. The Hall–Kier alpha value is -0.430. The van der Waals surface area contributed by atoms with Crippen molar-refractivity contribution in [3.8, 4) is 0 Å². The predicted molar refractivity (Wildman–Crippen MR) is 80.7 cm³/mol. The smallest absolute Gasteiger partial charge is 0.145 e. The van der Waals surface area contributed by atoms with Crippen LogP contribution in [0.5, 0.6) is 0 Å². The number of nitrogens with zero attached hydrogens (tertiary/aromatic N) is 3. The molecule has 0 amide bonds. The van der Waals surface area contributed by atoms with E-state index in [1.54, 1.807) is 6.33 Å². The molecule has 2 heterocycles. The lowest BCUT2D eigenvalue weighted by molar-refractivity contribution is 0.566. The van der Waals surface area contributed by atoms with Gasteiger partial charge in [-0.15, -0.1) is 0 Å². The molecule has 18 heavy (non-hydrogen) atoms. The molecular formula is C13H19IN4. The number of hydrogen-bond acceptors (Lipinski definition) is 4. The van der Waals surface area contributed by atoms with Crippen molar-refractivity contribution >= 4 is 28.4 Å². The SMILES string of the molecule is Ic1cncnc1N(CC1CC1)CC1CCCN1. The van der Waals surface area contributed by atoms with Gasteiger partial charge in [0.1, 0.15) is 12.1 Å². The lowest BCUT2D eigenvalue weighted by atomic mass is 10.2. The number of nitrogens with one attached hydrogen (secondary N) is 1. The molecule has 1 aromatic rings. The van der Waals surface area contributed by atoms with Crippen molar-refractivity contribution in [1.82, 2.24) is 15.3 Å². The highest BCUT2D eigenvalue weighted by atomic mass is 127. The second kappa shape index (κ2) is 5.69. The maximum absolute atomic E-state index is 4.48. The van der Waals surface area contributed by atoms with E-state index in [-0.39, 0.29) is 0 Å². The lowest BCUT2D eigenvalue weighted by Crippen LogP contribution is -2.39. The highest BCUT2D eigenvalue weighted by Gasteiger charge is 2.28. The summed E-state index contributed by atoms with van der Waals surface area (Å²) in [6.45, 7) is 3.41. The molecule has 0 aromatic carbocycles. The van der Waals surface area contributed by atoms with Gasteiger partial charge in [0.05, 0.1) is 3.57 Å². The fourth-order valence-electron chi connectivity index (χ4n) is 2.58. The largest absolute Gasteiger partial charge is 0.354 e. The molecule has 1 N–H and O–H groups in total. The van der Waals surface area contributed by atoms with Crippen LogP contribution in [-0.4, -0.2) is 35.6 Å². The zero-order valence-electron chi connectivity index (χ0n) is 10.5. The molecule has 1 saturated carbocycles. The third-order valence-electron chi connectivity index (χ3n) is 3.73. The van der Waals surface area contributed by atoms with E-state index in [0.29, 0.717) is 6.04 Å². The van der Waals surface area contributed by atoms with Gasteiger partial charge in [-0.1, -0.05) is 0 Å². The van der Waals surface area contributed by atoms with Gasteiger partial charge in [-0.05, 0) is 60.7 Å². The molecule has 98 valence electrons. The van der Waals surface area contributed by atoms with Gasteiger partial charge in [-0.25, -0.2) is 9.97 Å². The van der Waals surface area contributed by atoms with Crippen molar-refractivity contribution in [2.45, 2.75) is 31.7 Å². The van der Waals surface area contributed by atoms with Crippen molar-refractivity contribution < 1.29 is 0 Å². The van der Waals surface area contributed by atoms with Crippen LogP contribution in [0.1, 0.15) is 25.7 Å². The summed E-state index contributed by atoms with van der Waals surface area (Å²) in [7, 11) is 0. The Labute approximate surface area is 122 Å². The number of anilines is 1. The van der Waals surface area contributed by atoms with Crippen LogP contribution in [0.15, 0.2) is 12.5 Å². The fourth-order valence-corrected chi connectivity index (χ4v) is 3.22. The zero-order valence-corrected chi connectivity index (χ0v) is 12.6. The summed E-state index contributed by atoms with van der Waals surface area (Å²) < 4.78 is 1.16. The maximum Gasteiger partial charge on any atom is 0.145 e. The summed E-state index contributed by atoms with van der Waals surface area (Å²) in [5.74, 6) is 2.00. The van der Waals surface area contributed by atoms with Crippen LogP contribution in [0, 0.1) is 9.49 Å². The highest BCUT2D eigenvalue weighted by molar-refractivity contribution is 14.1. The van der Waals surface area contributed by atoms with Gasteiger partial charge >= 0.3 is 0 Å². The van der Waals surface area contributed by atoms with Gasteiger partial charge < -0.3 is 10.2 Å². The summed E-state index contributed by atoms with van der Waals surface area (Å²) in [4.78, 5) is 11.0. The van der Waals surface area contributed by atoms with Gasteiger partial charge in [-0.3, -0.25) is 0 Å². The minimum Gasteiger partial charge on any atom is -0.354 e. The molecule has 1 saturated heterocycles. The van der Waals surface area contributed by atoms with Crippen LogP contribution >= 0.6 is 22.6 Å². The van der Waals surface area contributed by atoms with Gasteiger partial charge in [0.2, 0.25) is 0 Å². The molecule has 1 unspecified atom stereocenters. The standard InChI is InChI=1S/C13H19IN4/c14-12-6-15-9-17-13(12)18(7-10-3-4-10)8-11-2-1-5-16-11/h6,9-11,16H,1-5,7-8H2. The van der Waals surface area contributed by atoms with Crippen LogP contribution in [0.2, 0.25) is 0 Å². The van der Waals surface area contributed by atoms with E-state index in [9.17, 15) is 0 Å². The average molecular weight is 358 g/mol. The number of hydrogen-bond donors (Lipinski definition) is 1. The summed E-state index contributed by atoms with van der Waals surface area (Å²) >= 11 is 2.34. The Balaban J connectivity index is 1.73. The van der Waals surface area contributed by atoms with E-state index in [1.165, 1.54) is 32.2 Å². The first kappa shape index (κ1) is 12.6. The monoisotopic (exact) mass is 358 g/mol. The van der Waals surface area contributed by atoms with Gasteiger partial charge in [-0.2, -0.15) is 0 Å². The molecule has 4 nitrogen and oxygen atoms in total. The highest BCUT2D eigenvalue weighted by Crippen LogP contribution is 2.32. The summed E-state index contributed by atoms with van der Waals surface area (Å²) in [5, 5.41) is 3.58. The Morgan fingerprint density at radius 2 is 2.22 bits per heavy atom. The second-order valence-electron chi connectivity index (χ2n) is 5.34. The number of rotatable bonds is 5. The van der Waals surface area contributed by atoms with E-state index >= 15 is 0 Å². The molecule has 0 radical (unpaired) electrons. The zero-order chi connectivity index (χ0) is 12.4. The van der Waals surface area contributed by atoms with E-state index in [4.69, 9.17) is 0 Å². The van der Waals surface area contributed by atoms with Gasteiger partial charge in [0.25, 0.3) is 0 Å². The molecule has 2 fully saturated rings.